The number of amides is 2. The van der Waals surface area contributed by atoms with Gasteiger partial charge in [-0.3, -0.25) is 14.6 Å². The maximum absolute atomic E-state index is 13.4. The van der Waals surface area contributed by atoms with Gasteiger partial charge in [0.2, 0.25) is 5.91 Å². The average Bonchev–Trinajstić information content (AvgIpc) is 3.46. The summed E-state index contributed by atoms with van der Waals surface area (Å²) < 4.78 is 0. The van der Waals surface area contributed by atoms with Crippen molar-refractivity contribution in [2.75, 3.05) is 45.1 Å². The summed E-state index contributed by atoms with van der Waals surface area (Å²) in [4.78, 5) is 34.9. The highest BCUT2D eigenvalue weighted by Gasteiger charge is 2.29. The van der Waals surface area contributed by atoms with Crippen molar-refractivity contribution in [1.82, 2.24) is 9.80 Å². The van der Waals surface area contributed by atoms with E-state index in [-0.39, 0.29) is 17.7 Å². The van der Waals surface area contributed by atoms with Gasteiger partial charge < -0.3 is 20.9 Å². The number of hydrogen-bond donors (Lipinski definition) is 2. The van der Waals surface area contributed by atoms with E-state index in [1.807, 2.05) is 30.0 Å². The second-order valence-corrected chi connectivity index (χ2v) is 11.2. The molecule has 7 nitrogen and oxygen atoms in total. The molecule has 2 aromatic carbocycles. The Balaban J connectivity index is 1.32. The zero-order chi connectivity index (χ0) is 28.5. The Labute approximate surface area is 239 Å². The SMILES string of the molecule is CCCCCN1CCC(C(=O)Nc2cc(C(=O)N3CCC(c4ccc(C(C=NC)=CN)cc4)CC3)ccc2C)C1. The molecule has 2 aliphatic rings. The molecule has 40 heavy (non-hydrogen) atoms. The molecule has 2 fully saturated rings. The molecule has 0 bridgehead atoms. The summed E-state index contributed by atoms with van der Waals surface area (Å²) in [5.74, 6) is 0.521. The number of nitrogens with zero attached hydrogens (tertiary/aromatic N) is 3. The normalized spacial score (nSPS) is 18.9. The summed E-state index contributed by atoms with van der Waals surface area (Å²) in [6.45, 7) is 8.50. The van der Waals surface area contributed by atoms with Gasteiger partial charge >= 0.3 is 0 Å². The minimum atomic E-state index is 0.00571. The number of allylic oxidation sites excluding steroid dienone is 1. The highest BCUT2D eigenvalue weighted by atomic mass is 16.2. The first-order valence-corrected chi connectivity index (χ1v) is 14.8. The van der Waals surface area contributed by atoms with E-state index in [1.54, 1.807) is 19.5 Å². The number of nitrogens with one attached hydrogen (secondary N) is 1. The van der Waals surface area contributed by atoms with Crippen LogP contribution in [0.3, 0.4) is 0 Å². The molecule has 2 heterocycles. The van der Waals surface area contributed by atoms with E-state index in [2.05, 4.69) is 46.4 Å². The van der Waals surface area contributed by atoms with Gasteiger partial charge in [-0.15, -0.1) is 0 Å². The lowest BCUT2D eigenvalue weighted by Crippen LogP contribution is -2.38. The third kappa shape index (κ3) is 7.39. The number of hydrogen-bond acceptors (Lipinski definition) is 5. The molecule has 0 aromatic heterocycles. The zero-order valence-electron chi connectivity index (χ0n) is 24.4. The van der Waals surface area contributed by atoms with Gasteiger partial charge in [0.1, 0.15) is 0 Å². The van der Waals surface area contributed by atoms with Crippen LogP contribution in [0.25, 0.3) is 5.57 Å². The Bertz CT molecular complexity index is 1210. The number of aryl methyl sites for hydroxylation is 1. The summed E-state index contributed by atoms with van der Waals surface area (Å²) in [6, 6.07) is 14.2. The number of piperidine rings is 1. The van der Waals surface area contributed by atoms with Gasteiger partial charge in [-0.25, -0.2) is 0 Å². The van der Waals surface area contributed by atoms with Gasteiger partial charge in [-0.1, -0.05) is 50.1 Å². The summed E-state index contributed by atoms with van der Waals surface area (Å²) in [7, 11) is 1.74. The minimum Gasteiger partial charge on any atom is -0.404 e. The molecule has 3 N–H and O–H groups in total. The number of likely N-dealkylation sites (tertiary alicyclic amines) is 2. The summed E-state index contributed by atoms with van der Waals surface area (Å²) in [6.07, 6.45) is 9.72. The van der Waals surface area contributed by atoms with E-state index >= 15 is 0 Å². The summed E-state index contributed by atoms with van der Waals surface area (Å²) in [5.41, 5.74) is 11.3. The van der Waals surface area contributed by atoms with Crippen LogP contribution >= 0.6 is 0 Å². The first-order chi connectivity index (χ1) is 19.4. The number of benzene rings is 2. The molecule has 1 unspecified atom stereocenters. The van der Waals surface area contributed by atoms with Crippen molar-refractivity contribution in [3.05, 3.63) is 70.9 Å². The van der Waals surface area contributed by atoms with Crippen LogP contribution in [0.4, 0.5) is 5.69 Å². The van der Waals surface area contributed by atoms with Crippen LogP contribution < -0.4 is 11.1 Å². The standard InChI is InChI=1S/C33H45N5O2/c1-4-5-6-16-37-17-13-29(23-37)32(39)36-31-20-28(8-7-24(31)2)33(40)38-18-14-27(15-19-38)25-9-11-26(12-10-25)30(21-34)22-35-3/h7-12,20-22,27,29H,4-6,13-19,23,34H2,1-3H3,(H,36,39). The molecule has 0 saturated carbocycles. The average molecular weight is 544 g/mol. The third-order valence-electron chi connectivity index (χ3n) is 8.41. The fourth-order valence-corrected chi connectivity index (χ4v) is 5.86. The van der Waals surface area contributed by atoms with E-state index in [0.717, 1.165) is 61.3 Å². The summed E-state index contributed by atoms with van der Waals surface area (Å²) >= 11 is 0. The fourth-order valence-electron chi connectivity index (χ4n) is 5.86. The fraction of sp³-hybridized carbons (Fsp3) is 0.485. The molecule has 4 rings (SSSR count). The molecule has 7 heteroatoms. The number of unbranched alkanes of at least 4 members (excludes halogenated alkanes) is 2. The number of anilines is 1. The summed E-state index contributed by atoms with van der Waals surface area (Å²) in [5, 5.41) is 3.13. The van der Waals surface area contributed by atoms with E-state index in [1.165, 1.54) is 24.8 Å². The molecular formula is C33H45N5O2. The van der Waals surface area contributed by atoms with Gasteiger partial charge in [0.25, 0.3) is 5.91 Å². The first kappa shape index (κ1) is 29.5. The lowest BCUT2D eigenvalue weighted by molar-refractivity contribution is -0.119. The highest BCUT2D eigenvalue weighted by molar-refractivity contribution is 6.09. The van der Waals surface area contributed by atoms with Crippen molar-refractivity contribution >= 4 is 29.3 Å². The second kappa shape index (κ2) is 14.3. The number of aliphatic imine (C=N–C) groups is 1. The molecule has 2 aromatic rings. The molecular weight excluding hydrogens is 498 g/mol. The monoisotopic (exact) mass is 543 g/mol. The minimum absolute atomic E-state index is 0.00571. The third-order valence-corrected chi connectivity index (χ3v) is 8.41. The van der Waals surface area contributed by atoms with Crippen LogP contribution in [0.2, 0.25) is 0 Å². The predicted molar refractivity (Wildman–Crippen MR) is 165 cm³/mol. The maximum atomic E-state index is 13.4. The number of carbonyl (C=O) groups excluding carboxylic acids is 2. The van der Waals surface area contributed by atoms with Crippen molar-refractivity contribution in [3.63, 3.8) is 0 Å². The van der Waals surface area contributed by atoms with Crippen LogP contribution in [-0.2, 0) is 4.79 Å². The molecule has 2 saturated heterocycles. The lowest BCUT2D eigenvalue weighted by Gasteiger charge is -2.32. The van der Waals surface area contributed by atoms with Crippen molar-refractivity contribution in [3.8, 4) is 0 Å². The first-order valence-electron chi connectivity index (χ1n) is 14.8. The van der Waals surface area contributed by atoms with Crippen molar-refractivity contribution < 1.29 is 9.59 Å². The molecule has 0 aliphatic carbocycles. The Kier molecular flexibility index (Phi) is 10.5. The van der Waals surface area contributed by atoms with Crippen LogP contribution in [0.15, 0.2) is 53.7 Å². The largest absolute Gasteiger partial charge is 0.404 e. The van der Waals surface area contributed by atoms with Crippen LogP contribution in [-0.4, -0.2) is 67.6 Å². The van der Waals surface area contributed by atoms with E-state index < -0.39 is 0 Å². The molecule has 2 amide bonds. The molecule has 2 aliphatic heterocycles. The molecule has 1 atom stereocenters. The van der Waals surface area contributed by atoms with Gasteiger partial charge in [0.05, 0.1) is 5.92 Å². The van der Waals surface area contributed by atoms with Crippen LogP contribution in [0, 0.1) is 12.8 Å². The number of carbonyl (C=O) groups is 2. The molecule has 0 spiro atoms. The molecule has 0 radical (unpaired) electrons. The van der Waals surface area contributed by atoms with E-state index in [9.17, 15) is 9.59 Å². The van der Waals surface area contributed by atoms with Crippen molar-refractivity contribution in [2.24, 2.45) is 16.6 Å². The Hall–Kier alpha value is -3.45. The Morgan fingerprint density at radius 3 is 2.42 bits per heavy atom. The van der Waals surface area contributed by atoms with Crippen molar-refractivity contribution in [1.29, 1.82) is 0 Å². The van der Waals surface area contributed by atoms with Gasteiger partial charge in [0.15, 0.2) is 0 Å². The highest BCUT2D eigenvalue weighted by Crippen LogP contribution is 2.30. The predicted octanol–water partition coefficient (Wildman–Crippen LogP) is 5.47. The van der Waals surface area contributed by atoms with Gasteiger partial charge in [-0.05, 0) is 80.4 Å². The number of nitrogens with two attached hydrogens (primary N) is 1. The van der Waals surface area contributed by atoms with Crippen molar-refractivity contribution in [2.45, 2.75) is 58.3 Å². The van der Waals surface area contributed by atoms with E-state index in [0.29, 0.717) is 24.6 Å². The topological polar surface area (TPSA) is 91.0 Å². The zero-order valence-corrected chi connectivity index (χ0v) is 24.4. The quantitative estimate of drug-likeness (QED) is 0.307. The lowest BCUT2D eigenvalue weighted by atomic mass is 9.88. The number of rotatable bonds is 10. The van der Waals surface area contributed by atoms with Crippen LogP contribution in [0.1, 0.15) is 78.4 Å². The smallest absolute Gasteiger partial charge is 0.253 e. The maximum Gasteiger partial charge on any atom is 0.253 e. The molecule has 214 valence electrons. The van der Waals surface area contributed by atoms with Crippen LogP contribution in [0.5, 0.6) is 0 Å². The Morgan fingerprint density at radius 2 is 1.75 bits per heavy atom. The van der Waals surface area contributed by atoms with Gasteiger partial charge in [-0.2, -0.15) is 0 Å². The second-order valence-electron chi connectivity index (χ2n) is 11.2. The van der Waals surface area contributed by atoms with Gasteiger partial charge in [0, 0.05) is 55.9 Å². The Morgan fingerprint density at radius 1 is 1.02 bits per heavy atom. The van der Waals surface area contributed by atoms with E-state index in [4.69, 9.17) is 5.73 Å².